The molecule has 1 saturated carbocycles. The second-order valence-corrected chi connectivity index (χ2v) is 5.98. The lowest BCUT2D eigenvalue weighted by molar-refractivity contribution is 0.0754. The van der Waals surface area contributed by atoms with Crippen molar-refractivity contribution in [2.45, 2.75) is 37.8 Å². The number of aromatic nitrogens is 2. The molecule has 0 radical (unpaired) electrons. The van der Waals surface area contributed by atoms with Gasteiger partial charge in [0.2, 0.25) is 0 Å². The SMILES string of the molecule is COC1CCCC1n1cncc1-c1cccc2c1NCC2. The zero-order valence-electron chi connectivity index (χ0n) is 12.4. The largest absolute Gasteiger partial charge is 0.384 e. The Hall–Kier alpha value is -1.81. The summed E-state index contributed by atoms with van der Waals surface area (Å²) in [7, 11) is 1.82. The van der Waals surface area contributed by atoms with Crippen molar-refractivity contribution in [3.63, 3.8) is 0 Å². The van der Waals surface area contributed by atoms with Crippen LogP contribution in [0, 0.1) is 0 Å². The Morgan fingerprint density at radius 2 is 2.29 bits per heavy atom. The van der Waals surface area contributed by atoms with Crippen molar-refractivity contribution >= 4 is 5.69 Å². The maximum Gasteiger partial charge on any atom is 0.0954 e. The molecular weight excluding hydrogens is 262 g/mol. The van der Waals surface area contributed by atoms with E-state index in [1.54, 1.807) is 0 Å². The van der Waals surface area contributed by atoms with E-state index in [9.17, 15) is 0 Å². The van der Waals surface area contributed by atoms with Crippen molar-refractivity contribution in [2.75, 3.05) is 19.0 Å². The third-order valence-electron chi connectivity index (χ3n) is 4.87. The number of benzene rings is 1. The number of nitrogens with zero attached hydrogens (tertiary/aromatic N) is 2. The molecule has 21 heavy (non-hydrogen) atoms. The highest BCUT2D eigenvalue weighted by atomic mass is 16.5. The van der Waals surface area contributed by atoms with Gasteiger partial charge in [0, 0.05) is 24.9 Å². The van der Waals surface area contributed by atoms with Gasteiger partial charge in [-0.2, -0.15) is 0 Å². The summed E-state index contributed by atoms with van der Waals surface area (Å²) in [5.41, 5.74) is 5.17. The number of ether oxygens (including phenoxy) is 1. The van der Waals surface area contributed by atoms with Crippen molar-refractivity contribution in [3.8, 4) is 11.3 Å². The minimum absolute atomic E-state index is 0.308. The fourth-order valence-electron chi connectivity index (χ4n) is 3.83. The first-order chi connectivity index (χ1) is 10.4. The number of rotatable bonds is 3. The van der Waals surface area contributed by atoms with Crippen molar-refractivity contribution < 1.29 is 4.74 Å². The normalized spacial score (nSPS) is 24.0. The summed E-state index contributed by atoms with van der Waals surface area (Å²) < 4.78 is 7.98. The molecule has 4 nitrogen and oxygen atoms in total. The maximum absolute atomic E-state index is 5.67. The molecular formula is C17H21N3O. The van der Waals surface area contributed by atoms with E-state index in [-0.39, 0.29) is 0 Å². The summed E-state index contributed by atoms with van der Waals surface area (Å²) in [5.74, 6) is 0. The molecule has 0 saturated heterocycles. The molecule has 2 atom stereocenters. The first-order valence-electron chi connectivity index (χ1n) is 7.79. The summed E-state index contributed by atoms with van der Waals surface area (Å²) in [6.45, 7) is 1.03. The van der Waals surface area contributed by atoms with Crippen LogP contribution in [0.15, 0.2) is 30.7 Å². The number of hydrogen-bond donors (Lipinski definition) is 1. The van der Waals surface area contributed by atoms with Crippen molar-refractivity contribution in [2.24, 2.45) is 0 Å². The number of imidazole rings is 1. The van der Waals surface area contributed by atoms with Gasteiger partial charge in [0.25, 0.3) is 0 Å². The molecule has 4 rings (SSSR count). The number of hydrogen-bond acceptors (Lipinski definition) is 3. The Labute approximate surface area is 125 Å². The summed E-state index contributed by atoms with van der Waals surface area (Å²) in [6, 6.07) is 6.97. The standard InChI is InChI=1S/C17H21N3O/c1-21-16-7-3-6-14(16)20-11-18-10-15(20)13-5-2-4-12-8-9-19-17(12)13/h2,4-5,10-11,14,16,19H,3,6-9H2,1H3. The first-order valence-corrected chi connectivity index (χ1v) is 7.79. The Kier molecular flexibility index (Phi) is 3.19. The van der Waals surface area contributed by atoms with Crippen molar-refractivity contribution in [3.05, 3.63) is 36.3 Å². The van der Waals surface area contributed by atoms with Crippen LogP contribution >= 0.6 is 0 Å². The number of nitrogens with one attached hydrogen (secondary N) is 1. The van der Waals surface area contributed by atoms with Crippen molar-refractivity contribution in [1.29, 1.82) is 0 Å². The van der Waals surface area contributed by atoms with Gasteiger partial charge in [0.1, 0.15) is 0 Å². The van der Waals surface area contributed by atoms with E-state index in [1.165, 1.54) is 35.3 Å². The molecule has 2 aliphatic rings. The molecule has 1 aromatic carbocycles. The van der Waals surface area contributed by atoms with Gasteiger partial charge in [-0.15, -0.1) is 0 Å². The second-order valence-electron chi connectivity index (χ2n) is 5.98. The van der Waals surface area contributed by atoms with Crippen LogP contribution in [0.25, 0.3) is 11.3 Å². The fourth-order valence-corrected chi connectivity index (χ4v) is 3.83. The fraction of sp³-hybridized carbons (Fsp3) is 0.471. The van der Waals surface area contributed by atoms with Gasteiger partial charge in [-0.25, -0.2) is 4.98 Å². The van der Waals surface area contributed by atoms with E-state index in [1.807, 2.05) is 19.6 Å². The van der Waals surface area contributed by atoms with E-state index >= 15 is 0 Å². The van der Waals surface area contributed by atoms with Crippen LogP contribution < -0.4 is 5.32 Å². The topological polar surface area (TPSA) is 39.1 Å². The zero-order chi connectivity index (χ0) is 14.2. The Bertz CT molecular complexity index is 649. The summed E-state index contributed by atoms with van der Waals surface area (Å²) >= 11 is 0. The van der Waals surface area contributed by atoms with E-state index < -0.39 is 0 Å². The van der Waals surface area contributed by atoms with E-state index in [0.717, 1.165) is 19.4 Å². The molecule has 0 bridgehead atoms. The molecule has 1 aliphatic carbocycles. The monoisotopic (exact) mass is 283 g/mol. The highest BCUT2D eigenvalue weighted by Gasteiger charge is 2.30. The first kappa shape index (κ1) is 12.9. The lowest BCUT2D eigenvalue weighted by Crippen LogP contribution is -2.20. The van der Waals surface area contributed by atoms with E-state index in [0.29, 0.717) is 12.1 Å². The third-order valence-corrected chi connectivity index (χ3v) is 4.87. The molecule has 4 heteroatoms. The molecule has 1 fully saturated rings. The molecule has 1 N–H and O–H groups in total. The zero-order valence-corrected chi connectivity index (χ0v) is 12.4. The molecule has 110 valence electrons. The average molecular weight is 283 g/mol. The van der Waals surface area contributed by atoms with Crippen molar-refractivity contribution in [1.82, 2.24) is 9.55 Å². The van der Waals surface area contributed by atoms with Gasteiger partial charge in [-0.3, -0.25) is 0 Å². The maximum atomic E-state index is 5.67. The number of para-hydroxylation sites is 1. The minimum atomic E-state index is 0.308. The van der Waals surface area contributed by atoms with E-state index in [2.05, 4.69) is 33.1 Å². The average Bonchev–Trinajstić information content (AvgIpc) is 3.24. The Balaban J connectivity index is 1.78. The van der Waals surface area contributed by atoms with Gasteiger partial charge >= 0.3 is 0 Å². The van der Waals surface area contributed by atoms with Crippen LogP contribution in [0.3, 0.4) is 0 Å². The van der Waals surface area contributed by atoms with Gasteiger partial charge < -0.3 is 14.6 Å². The van der Waals surface area contributed by atoms with Crippen LogP contribution in [0.1, 0.15) is 30.9 Å². The quantitative estimate of drug-likeness (QED) is 0.939. The Morgan fingerprint density at radius 3 is 3.19 bits per heavy atom. The van der Waals surface area contributed by atoms with Crippen LogP contribution in [0.2, 0.25) is 0 Å². The number of anilines is 1. The predicted octanol–water partition coefficient (Wildman–Crippen LogP) is 3.26. The molecule has 2 heterocycles. The second kappa shape index (κ2) is 5.19. The molecule has 2 aromatic rings. The number of methoxy groups -OCH3 is 1. The minimum Gasteiger partial charge on any atom is -0.384 e. The highest BCUT2D eigenvalue weighted by Crippen LogP contribution is 2.39. The summed E-state index contributed by atoms with van der Waals surface area (Å²) in [5, 5.41) is 3.53. The molecule has 2 unspecified atom stereocenters. The van der Waals surface area contributed by atoms with Crippen LogP contribution in [0.5, 0.6) is 0 Å². The lowest BCUT2D eigenvalue weighted by Gasteiger charge is -2.22. The predicted molar refractivity (Wildman–Crippen MR) is 83.5 cm³/mol. The van der Waals surface area contributed by atoms with Crippen LogP contribution in [0.4, 0.5) is 5.69 Å². The van der Waals surface area contributed by atoms with Gasteiger partial charge in [0.05, 0.1) is 30.4 Å². The molecule has 1 aromatic heterocycles. The number of fused-ring (bicyclic) bond motifs is 1. The van der Waals surface area contributed by atoms with Crippen LogP contribution in [-0.4, -0.2) is 29.3 Å². The molecule has 0 spiro atoms. The Morgan fingerprint density at radius 1 is 1.33 bits per heavy atom. The van der Waals surface area contributed by atoms with Gasteiger partial charge in [0.15, 0.2) is 0 Å². The smallest absolute Gasteiger partial charge is 0.0954 e. The lowest BCUT2D eigenvalue weighted by atomic mass is 10.0. The van der Waals surface area contributed by atoms with E-state index in [4.69, 9.17) is 4.74 Å². The summed E-state index contributed by atoms with van der Waals surface area (Å²) in [4.78, 5) is 4.42. The highest BCUT2D eigenvalue weighted by molar-refractivity contribution is 5.79. The molecule has 1 aliphatic heterocycles. The third kappa shape index (κ3) is 2.05. The molecule has 0 amide bonds. The summed E-state index contributed by atoms with van der Waals surface area (Å²) in [6.07, 6.45) is 8.91. The van der Waals surface area contributed by atoms with Gasteiger partial charge in [-0.05, 0) is 31.2 Å². The van der Waals surface area contributed by atoms with Crippen LogP contribution in [-0.2, 0) is 11.2 Å². The van der Waals surface area contributed by atoms with Gasteiger partial charge in [-0.1, -0.05) is 18.2 Å².